The van der Waals surface area contributed by atoms with Crippen LogP contribution in [0.2, 0.25) is 10.0 Å². The van der Waals surface area contributed by atoms with E-state index in [2.05, 4.69) is 10.1 Å². The lowest BCUT2D eigenvalue weighted by molar-refractivity contribution is -0.112. The maximum atomic E-state index is 12.4. The van der Waals surface area contributed by atoms with Crippen LogP contribution in [0.1, 0.15) is 5.56 Å². The molecule has 5 nitrogen and oxygen atoms in total. The summed E-state index contributed by atoms with van der Waals surface area (Å²) in [6.45, 7) is -3.01. The predicted octanol–water partition coefficient (Wildman–Crippen LogP) is 5.15. The molecule has 0 aliphatic rings. The molecule has 0 heterocycles. The van der Waals surface area contributed by atoms with Crippen LogP contribution in [0, 0.1) is 11.3 Å². The third-order valence-corrected chi connectivity index (χ3v) is 3.81. The van der Waals surface area contributed by atoms with Crippen LogP contribution in [0.15, 0.2) is 42.0 Å². The van der Waals surface area contributed by atoms with E-state index in [1.807, 2.05) is 0 Å². The molecule has 0 spiro atoms. The van der Waals surface area contributed by atoms with Crippen molar-refractivity contribution in [3.8, 4) is 17.6 Å². The van der Waals surface area contributed by atoms with Crippen molar-refractivity contribution >= 4 is 40.9 Å². The molecule has 2 rings (SSSR count). The van der Waals surface area contributed by atoms with E-state index in [0.717, 1.165) is 0 Å². The van der Waals surface area contributed by atoms with E-state index in [-0.39, 0.29) is 27.8 Å². The van der Waals surface area contributed by atoms with Gasteiger partial charge in [0.15, 0.2) is 11.5 Å². The standard InChI is InChI=1S/C18H12Cl2F2N2O3/c1-26-16-7-10(2-5-15(16)27-18(21)22)6-11(9-23)17(25)24-14-4-3-12(19)8-13(14)20/h2-8,18H,1H3,(H,24,25)/b11-6+. The van der Waals surface area contributed by atoms with Crippen LogP contribution < -0.4 is 14.8 Å². The first kappa shape index (κ1) is 20.5. The fourth-order valence-electron chi connectivity index (χ4n) is 2.06. The second kappa shape index (κ2) is 9.21. The summed E-state index contributed by atoms with van der Waals surface area (Å²) in [7, 11) is 1.28. The van der Waals surface area contributed by atoms with Crippen molar-refractivity contribution in [2.75, 3.05) is 12.4 Å². The minimum atomic E-state index is -3.01. The summed E-state index contributed by atoms with van der Waals surface area (Å²) in [5.74, 6) is -0.836. The fourth-order valence-corrected chi connectivity index (χ4v) is 2.52. The molecule has 0 radical (unpaired) electrons. The first-order valence-corrected chi connectivity index (χ1v) is 8.10. The molecule has 27 heavy (non-hydrogen) atoms. The maximum Gasteiger partial charge on any atom is 0.387 e. The van der Waals surface area contributed by atoms with Gasteiger partial charge in [0.05, 0.1) is 17.8 Å². The number of methoxy groups -OCH3 is 1. The number of nitriles is 1. The molecule has 2 aromatic carbocycles. The predicted molar refractivity (Wildman–Crippen MR) is 98.3 cm³/mol. The highest BCUT2D eigenvalue weighted by atomic mass is 35.5. The molecule has 0 saturated heterocycles. The molecule has 0 unspecified atom stereocenters. The van der Waals surface area contributed by atoms with Gasteiger partial charge in [-0.05, 0) is 42.0 Å². The number of anilines is 1. The van der Waals surface area contributed by atoms with Crippen molar-refractivity contribution in [1.82, 2.24) is 0 Å². The Kier molecular flexibility index (Phi) is 6.99. The molecule has 2 aromatic rings. The smallest absolute Gasteiger partial charge is 0.387 e. The fraction of sp³-hybridized carbons (Fsp3) is 0.111. The molecule has 0 atom stereocenters. The summed E-state index contributed by atoms with van der Waals surface area (Å²) in [5, 5.41) is 12.4. The van der Waals surface area contributed by atoms with Crippen LogP contribution in [0.4, 0.5) is 14.5 Å². The Morgan fingerprint density at radius 2 is 1.96 bits per heavy atom. The zero-order valence-electron chi connectivity index (χ0n) is 13.8. The van der Waals surface area contributed by atoms with E-state index in [1.165, 1.54) is 49.6 Å². The van der Waals surface area contributed by atoms with Gasteiger partial charge in [0, 0.05) is 5.02 Å². The van der Waals surface area contributed by atoms with E-state index >= 15 is 0 Å². The van der Waals surface area contributed by atoms with Crippen LogP contribution in [0.3, 0.4) is 0 Å². The molecule has 0 aliphatic heterocycles. The molecular formula is C18H12Cl2F2N2O3. The first-order chi connectivity index (χ1) is 12.8. The molecule has 0 aromatic heterocycles. The number of carbonyl (C=O) groups excluding carboxylic acids is 1. The van der Waals surface area contributed by atoms with Crippen molar-refractivity contribution in [1.29, 1.82) is 5.26 Å². The minimum Gasteiger partial charge on any atom is -0.493 e. The highest BCUT2D eigenvalue weighted by Gasteiger charge is 2.14. The summed E-state index contributed by atoms with van der Waals surface area (Å²) in [6.07, 6.45) is 1.27. The molecule has 0 aliphatic carbocycles. The SMILES string of the molecule is COc1cc(/C=C(\C#N)C(=O)Nc2ccc(Cl)cc2Cl)ccc1OC(F)F. The number of amides is 1. The Morgan fingerprint density at radius 1 is 1.22 bits per heavy atom. The summed E-state index contributed by atoms with van der Waals surface area (Å²) in [5.41, 5.74) is 0.429. The normalized spacial score (nSPS) is 11.1. The van der Waals surface area contributed by atoms with Gasteiger partial charge in [-0.15, -0.1) is 0 Å². The Bertz CT molecular complexity index is 927. The average molecular weight is 413 g/mol. The molecule has 0 bridgehead atoms. The van der Waals surface area contributed by atoms with E-state index in [1.54, 1.807) is 6.07 Å². The number of hydrogen-bond donors (Lipinski definition) is 1. The number of rotatable bonds is 6. The lowest BCUT2D eigenvalue weighted by atomic mass is 10.1. The average Bonchev–Trinajstić information content (AvgIpc) is 2.62. The minimum absolute atomic E-state index is 0.0301. The number of nitrogens with one attached hydrogen (secondary N) is 1. The Morgan fingerprint density at radius 3 is 2.56 bits per heavy atom. The molecule has 1 N–H and O–H groups in total. The number of alkyl halides is 2. The van der Waals surface area contributed by atoms with Crippen LogP contribution in [0.5, 0.6) is 11.5 Å². The second-order valence-electron chi connectivity index (χ2n) is 5.04. The third-order valence-electron chi connectivity index (χ3n) is 3.26. The number of benzene rings is 2. The molecule has 1 amide bonds. The lowest BCUT2D eigenvalue weighted by Gasteiger charge is -2.10. The zero-order valence-corrected chi connectivity index (χ0v) is 15.3. The van der Waals surface area contributed by atoms with Gasteiger partial charge < -0.3 is 14.8 Å². The summed E-state index contributed by atoms with van der Waals surface area (Å²) in [4.78, 5) is 12.3. The molecule has 0 saturated carbocycles. The van der Waals surface area contributed by atoms with E-state index < -0.39 is 12.5 Å². The van der Waals surface area contributed by atoms with Crippen molar-refractivity contribution < 1.29 is 23.0 Å². The maximum absolute atomic E-state index is 12.4. The second-order valence-corrected chi connectivity index (χ2v) is 5.88. The highest BCUT2D eigenvalue weighted by Crippen LogP contribution is 2.30. The highest BCUT2D eigenvalue weighted by molar-refractivity contribution is 6.36. The number of nitrogens with zero attached hydrogens (tertiary/aromatic N) is 1. The number of halogens is 4. The van der Waals surface area contributed by atoms with Crippen LogP contribution in [-0.4, -0.2) is 19.6 Å². The van der Waals surface area contributed by atoms with E-state index in [9.17, 15) is 18.8 Å². The Balaban J connectivity index is 2.26. The van der Waals surface area contributed by atoms with Crippen LogP contribution >= 0.6 is 23.2 Å². The number of hydrogen-bond acceptors (Lipinski definition) is 4. The monoisotopic (exact) mass is 412 g/mol. The van der Waals surface area contributed by atoms with Crippen LogP contribution in [0.25, 0.3) is 6.08 Å². The molecule has 9 heteroatoms. The van der Waals surface area contributed by atoms with Gasteiger partial charge >= 0.3 is 6.61 Å². The first-order valence-electron chi connectivity index (χ1n) is 7.35. The third kappa shape index (κ3) is 5.58. The van der Waals surface area contributed by atoms with Gasteiger partial charge in [0.25, 0.3) is 5.91 Å². The topological polar surface area (TPSA) is 71.3 Å². The van der Waals surface area contributed by atoms with Crippen molar-refractivity contribution in [3.05, 3.63) is 57.6 Å². The van der Waals surface area contributed by atoms with Gasteiger partial charge in [0.1, 0.15) is 11.6 Å². The summed E-state index contributed by atoms with van der Waals surface area (Å²) < 4.78 is 34.0. The number of carbonyl (C=O) groups is 1. The van der Waals surface area contributed by atoms with Gasteiger partial charge in [-0.1, -0.05) is 29.3 Å². The number of ether oxygens (including phenoxy) is 2. The van der Waals surface area contributed by atoms with Crippen LogP contribution in [-0.2, 0) is 4.79 Å². The lowest BCUT2D eigenvalue weighted by Crippen LogP contribution is -2.13. The summed E-state index contributed by atoms with van der Waals surface area (Å²) in [6, 6.07) is 10.3. The van der Waals surface area contributed by atoms with E-state index in [4.69, 9.17) is 27.9 Å². The largest absolute Gasteiger partial charge is 0.493 e. The quantitative estimate of drug-likeness (QED) is 0.525. The van der Waals surface area contributed by atoms with Crippen molar-refractivity contribution in [3.63, 3.8) is 0 Å². The van der Waals surface area contributed by atoms with Crippen molar-refractivity contribution in [2.24, 2.45) is 0 Å². The van der Waals surface area contributed by atoms with Gasteiger partial charge in [-0.3, -0.25) is 4.79 Å². The van der Waals surface area contributed by atoms with Gasteiger partial charge in [-0.2, -0.15) is 14.0 Å². The molecular weight excluding hydrogens is 401 g/mol. The molecule has 0 fully saturated rings. The van der Waals surface area contributed by atoms with E-state index in [0.29, 0.717) is 10.6 Å². The summed E-state index contributed by atoms with van der Waals surface area (Å²) >= 11 is 11.8. The Labute approximate surface area is 163 Å². The Hall–Kier alpha value is -2.82. The van der Waals surface area contributed by atoms with Gasteiger partial charge in [0.2, 0.25) is 0 Å². The van der Waals surface area contributed by atoms with Crippen molar-refractivity contribution in [2.45, 2.75) is 6.61 Å². The zero-order chi connectivity index (χ0) is 20.0. The molecule has 140 valence electrons. The van der Waals surface area contributed by atoms with Gasteiger partial charge in [-0.25, -0.2) is 0 Å².